The fourth-order valence-electron chi connectivity index (χ4n) is 8.91. The Balaban J connectivity index is 1.11. The van der Waals surface area contributed by atoms with Gasteiger partial charge in [-0.05, 0) is 116 Å². The number of rotatable bonds is 17. The Labute approximate surface area is 314 Å². The maximum atomic E-state index is 11.1. The van der Waals surface area contributed by atoms with Crippen molar-refractivity contribution in [2.75, 3.05) is 0 Å². The van der Waals surface area contributed by atoms with Crippen molar-refractivity contribution in [1.82, 2.24) is 0 Å². The van der Waals surface area contributed by atoms with Crippen molar-refractivity contribution in [1.29, 1.82) is 0 Å². The summed E-state index contributed by atoms with van der Waals surface area (Å²) in [4.78, 5) is 21.3. The second-order valence-electron chi connectivity index (χ2n) is 15.4. The normalized spacial score (nSPS) is 18.7. The topological polar surface area (TPSA) is 105 Å². The van der Waals surface area contributed by atoms with Gasteiger partial charge in [0.05, 0.1) is 9.85 Å². The van der Waals surface area contributed by atoms with Gasteiger partial charge in [0.25, 0.3) is 11.4 Å². The first-order valence-corrected chi connectivity index (χ1v) is 19.9. The highest BCUT2D eigenvalue weighted by molar-refractivity contribution is 5.46. The van der Waals surface area contributed by atoms with E-state index in [1.165, 1.54) is 125 Å². The van der Waals surface area contributed by atoms with Crippen LogP contribution in [0.4, 0.5) is 11.4 Å². The van der Waals surface area contributed by atoms with E-state index in [1.807, 2.05) is 24.3 Å². The zero-order valence-corrected chi connectivity index (χ0v) is 31.1. The Morgan fingerprint density at radius 1 is 0.528 bits per heavy atom. The molecule has 4 aromatic rings. The number of ether oxygens (including phenoxy) is 2. The van der Waals surface area contributed by atoms with E-state index in [1.54, 1.807) is 24.3 Å². The van der Waals surface area contributed by atoms with Crippen molar-refractivity contribution < 1.29 is 19.3 Å². The first-order valence-electron chi connectivity index (χ1n) is 19.9. The molecule has 0 N–H and O–H groups in total. The van der Waals surface area contributed by atoms with Crippen LogP contribution in [-0.4, -0.2) is 9.85 Å². The van der Waals surface area contributed by atoms with Gasteiger partial charge in [0.15, 0.2) is 0 Å². The number of non-ortho nitro benzene ring substituents is 2. The largest absolute Gasteiger partial charge is 0.457 e. The zero-order valence-electron chi connectivity index (χ0n) is 31.1. The zero-order chi connectivity index (χ0) is 37.0. The summed E-state index contributed by atoms with van der Waals surface area (Å²) >= 11 is 0. The molecule has 2 aliphatic carbocycles. The first-order chi connectivity index (χ1) is 25.8. The van der Waals surface area contributed by atoms with Gasteiger partial charge in [-0.1, -0.05) is 95.4 Å². The van der Waals surface area contributed by atoms with Crippen molar-refractivity contribution in [2.45, 2.75) is 115 Å². The van der Waals surface area contributed by atoms with Crippen molar-refractivity contribution in [3.8, 4) is 23.0 Å². The summed E-state index contributed by atoms with van der Waals surface area (Å²) in [7, 11) is 0. The van der Waals surface area contributed by atoms with Crippen LogP contribution >= 0.6 is 0 Å². The summed E-state index contributed by atoms with van der Waals surface area (Å²) in [5.74, 6) is 4.99. The van der Waals surface area contributed by atoms with Crippen LogP contribution in [0.3, 0.4) is 0 Å². The van der Waals surface area contributed by atoms with Crippen LogP contribution in [0.5, 0.6) is 23.0 Å². The Kier molecular flexibility index (Phi) is 13.2. The van der Waals surface area contributed by atoms with Crippen LogP contribution in [0, 0.1) is 38.0 Å². The molecule has 0 aromatic heterocycles. The summed E-state index contributed by atoms with van der Waals surface area (Å²) in [5.41, 5.74) is 2.43. The van der Waals surface area contributed by atoms with E-state index in [-0.39, 0.29) is 16.8 Å². The van der Waals surface area contributed by atoms with Crippen LogP contribution in [0.1, 0.15) is 121 Å². The first kappa shape index (κ1) is 38.0. The molecule has 0 unspecified atom stereocenters. The molecule has 8 heteroatoms. The molecule has 0 aliphatic heterocycles. The molecule has 2 fully saturated rings. The highest BCUT2D eigenvalue weighted by Gasteiger charge is 2.41. The van der Waals surface area contributed by atoms with Crippen LogP contribution < -0.4 is 9.47 Å². The van der Waals surface area contributed by atoms with E-state index in [2.05, 4.69) is 31.2 Å². The number of unbranched alkanes of at least 4 members (excludes halogenated alkanes) is 6. The Bertz CT molecular complexity index is 1630. The molecule has 53 heavy (non-hydrogen) atoms. The molecular formula is C45H54N2O6. The number of nitro groups is 2. The summed E-state index contributed by atoms with van der Waals surface area (Å²) in [6.07, 6.45) is 21.2. The predicted molar refractivity (Wildman–Crippen MR) is 210 cm³/mol. The van der Waals surface area contributed by atoms with Crippen molar-refractivity contribution in [3.63, 3.8) is 0 Å². The van der Waals surface area contributed by atoms with Crippen LogP contribution in [-0.2, 0) is 5.41 Å². The van der Waals surface area contributed by atoms with Crippen molar-refractivity contribution in [3.05, 3.63) is 128 Å². The maximum absolute atomic E-state index is 11.1. The summed E-state index contributed by atoms with van der Waals surface area (Å²) in [5, 5.41) is 22.1. The second kappa shape index (κ2) is 18.4. The van der Waals surface area contributed by atoms with Gasteiger partial charge in [-0.25, -0.2) is 0 Å². The third kappa shape index (κ3) is 10.0. The van der Waals surface area contributed by atoms with Crippen LogP contribution in [0.25, 0.3) is 0 Å². The van der Waals surface area contributed by atoms with Gasteiger partial charge in [0, 0.05) is 29.7 Å². The van der Waals surface area contributed by atoms with Gasteiger partial charge >= 0.3 is 0 Å². The van der Waals surface area contributed by atoms with Gasteiger partial charge < -0.3 is 9.47 Å². The Morgan fingerprint density at radius 3 is 1.32 bits per heavy atom. The number of nitro benzene ring substituents is 2. The van der Waals surface area contributed by atoms with Crippen molar-refractivity contribution in [2.24, 2.45) is 17.8 Å². The fraction of sp³-hybridized carbons (Fsp3) is 0.467. The minimum atomic E-state index is -0.413. The second-order valence-corrected chi connectivity index (χ2v) is 15.4. The lowest BCUT2D eigenvalue weighted by Gasteiger charge is -2.44. The smallest absolute Gasteiger partial charge is 0.269 e. The van der Waals surface area contributed by atoms with E-state index < -0.39 is 9.85 Å². The van der Waals surface area contributed by atoms with Gasteiger partial charge in [-0.2, -0.15) is 0 Å². The molecule has 0 radical (unpaired) electrons. The van der Waals surface area contributed by atoms with E-state index in [0.717, 1.165) is 30.6 Å². The maximum Gasteiger partial charge on any atom is 0.269 e. The molecule has 8 nitrogen and oxygen atoms in total. The van der Waals surface area contributed by atoms with Gasteiger partial charge in [-0.15, -0.1) is 0 Å². The summed E-state index contributed by atoms with van der Waals surface area (Å²) < 4.78 is 12.1. The minimum absolute atomic E-state index is 0.0333. The van der Waals surface area contributed by atoms with E-state index in [4.69, 9.17) is 9.47 Å². The Morgan fingerprint density at radius 2 is 0.906 bits per heavy atom. The molecule has 0 spiro atoms. The average molecular weight is 719 g/mol. The summed E-state index contributed by atoms with van der Waals surface area (Å²) in [6, 6.07) is 29.0. The predicted octanol–water partition coefficient (Wildman–Crippen LogP) is 13.5. The third-order valence-corrected chi connectivity index (χ3v) is 12.0. The molecule has 0 bridgehead atoms. The summed E-state index contributed by atoms with van der Waals surface area (Å²) in [6.45, 7) is 2.28. The lowest BCUT2D eigenvalue weighted by molar-refractivity contribution is -0.385. The number of benzene rings is 4. The molecule has 4 aromatic carbocycles. The molecule has 0 amide bonds. The number of hydrogen-bond acceptors (Lipinski definition) is 6. The monoisotopic (exact) mass is 718 g/mol. The lowest BCUT2D eigenvalue weighted by Crippen LogP contribution is -2.35. The van der Waals surface area contributed by atoms with Gasteiger partial charge in [0.1, 0.15) is 23.0 Å². The quantitative estimate of drug-likeness (QED) is 0.0611. The number of hydrogen-bond donors (Lipinski definition) is 0. The van der Waals surface area contributed by atoms with Crippen LogP contribution in [0.2, 0.25) is 0 Å². The van der Waals surface area contributed by atoms with E-state index in [0.29, 0.717) is 23.0 Å². The van der Waals surface area contributed by atoms with Gasteiger partial charge in [-0.3, -0.25) is 20.2 Å². The highest BCUT2D eigenvalue weighted by atomic mass is 16.6. The van der Waals surface area contributed by atoms with E-state index in [9.17, 15) is 20.2 Å². The van der Waals surface area contributed by atoms with E-state index >= 15 is 0 Å². The number of nitrogens with zero attached hydrogens (tertiary/aromatic N) is 2. The lowest BCUT2D eigenvalue weighted by atomic mass is 9.60. The molecule has 2 aliphatic rings. The molecule has 0 heterocycles. The average Bonchev–Trinajstić information content (AvgIpc) is 3.19. The van der Waals surface area contributed by atoms with Crippen molar-refractivity contribution >= 4 is 11.4 Å². The Hall–Kier alpha value is -4.72. The molecule has 0 atom stereocenters. The standard InChI is InChI=1S/C45H54N2O6/c1-2-3-4-5-6-7-8-9-34-10-12-35(13-11-34)36-30-32-45(33-31-36,37-14-22-41(23-15-37)52-43-26-18-39(19-27-43)46(48)49)38-16-24-42(25-17-38)53-44-28-20-40(21-29-44)47(50)51/h14-29,34-36H,2-13,30-33H2,1H3. The highest BCUT2D eigenvalue weighted by Crippen LogP contribution is 2.51. The molecule has 0 saturated heterocycles. The van der Waals surface area contributed by atoms with Crippen LogP contribution in [0.15, 0.2) is 97.1 Å². The van der Waals surface area contributed by atoms with Gasteiger partial charge in [0.2, 0.25) is 0 Å². The fourth-order valence-corrected chi connectivity index (χ4v) is 8.91. The SMILES string of the molecule is CCCCCCCCCC1CCC(C2CCC(c3ccc(Oc4ccc([N+](=O)[O-])cc4)cc3)(c3ccc(Oc4ccc([N+](=O)[O-])cc4)cc3)CC2)CC1. The molecular weight excluding hydrogens is 665 g/mol. The minimum Gasteiger partial charge on any atom is -0.457 e. The molecule has 6 rings (SSSR count). The molecule has 2 saturated carbocycles. The third-order valence-electron chi connectivity index (χ3n) is 12.0. The molecule has 280 valence electrons.